The van der Waals surface area contributed by atoms with E-state index in [9.17, 15) is 43.2 Å². The molecule has 0 aromatic rings. The maximum absolute atomic E-state index is 13.1. The lowest BCUT2D eigenvalue weighted by Crippen LogP contribution is -2.30. The summed E-state index contributed by atoms with van der Waals surface area (Å²) >= 11 is 0. The minimum Gasteiger partial charge on any atom is -0.462 e. The molecular weight excluding hydrogens is 1280 g/mol. The lowest BCUT2D eigenvalue weighted by atomic mass is 10.0. The zero-order chi connectivity index (χ0) is 71.9. The van der Waals surface area contributed by atoms with Crippen LogP contribution in [0, 0.1) is 5.92 Å². The van der Waals surface area contributed by atoms with Crippen molar-refractivity contribution in [2.45, 2.75) is 438 Å². The molecule has 0 aliphatic heterocycles. The summed E-state index contributed by atoms with van der Waals surface area (Å²) < 4.78 is 68.6. The van der Waals surface area contributed by atoms with Crippen LogP contribution in [0.5, 0.6) is 0 Å². The number of carbonyl (C=O) groups is 4. The number of rotatable bonds is 79. The van der Waals surface area contributed by atoms with Crippen LogP contribution in [-0.2, 0) is 65.4 Å². The summed E-state index contributed by atoms with van der Waals surface area (Å²) in [7, 11) is -9.91. The molecule has 0 saturated carbocycles. The first-order chi connectivity index (χ1) is 47.5. The average Bonchev–Trinajstić information content (AvgIpc) is 1.00. The van der Waals surface area contributed by atoms with Gasteiger partial charge < -0.3 is 33.8 Å². The van der Waals surface area contributed by atoms with Crippen molar-refractivity contribution in [3.63, 3.8) is 0 Å². The molecular formula is C79H154O17P2. The Morgan fingerprint density at radius 1 is 0.276 bits per heavy atom. The number of unbranched alkanes of at least 4 members (excludes halogenated alkanes) is 51. The zero-order valence-corrected chi connectivity index (χ0v) is 65.7. The highest BCUT2D eigenvalue weighted by atomic mass is 31.2. The minimum absolute atomic E-state index is 0.107. The molecule has 0 spiro atoms. The van der Waals surface area contributed by atoms with Crippen LogP contribution in [0.15, 0.2) is 0 Å². The predicted molar refractivity (Wildman–Crippen MR) is 400 cm³/mol. The smallest absolute Gasteiger partial charge is 0.462 e. The first-order valence-corrected chi connectivity index (χ1v) is 44.1. The van der Waals surface area contributed by atoms with Gasteiger partial charge in [-0.3, -0.25) is 37.3 Å². The number of aliphatic hydroxyl groups excluding tert-OH is 1. The van der Waals surface area contributed by atoms with Crippen molar-refractivity contribution in [3.05, 3.63) is 0 Å². The van der Waals surface area contributed by atoms with Crippen LogP contribution in [0.4, 0.5) is 0 Å². The number of hydrogen-bond acceptors (Lipinski definition) is 15. The molecule has 0 aromatic carbocycles. The fraction of sp³-hybridized carbons (Fsp3) is 0.949. The van der Waals surface area contributed by atoms with E-state index in [1.54, 1.807) is 0 Å². The van der Waals surface area contributed by atoms with Gasteiger partial charge in [-0.25, -0.2) is 9.13 Å². The van der Waals surface area contributed by atoms with Crippen molar-refractivity contribution in [3.8, 4) is 0 Å². The molecule has 0 aliphatic carbocycles. The van der Waals surface area contributed by atoms with Crippen LogP contribution in [-0.4, -0.2) is 96.7 Å². The van der Waals surface area contributed by atoms with Crippen molar-refractivity contribution in [1.29, 1.82) is 0 Å². The summed E-state index contributed by atoms with van der Waals surface area (Å²) in [4.78, 5) is 72.9. The van der Waals surface area contributed by atoms with E-state index in [0.29, 0.717) is 31.6 Å². The molecule has 0 saturated heterocycles. The number of phosphoric ester groups is 2. The summed E-state index contributed by atoms with van der Waals surface area (Å²) in [6, 6.07) is 0. The minimum atomic E-state index is -4.96. The Morgan fingerprint density at radius 2 is 0.469 bits per heavy atom. The van der Waals surface area contributed by atoms with Crippen molar-refractivity contribution in [1.82, 2.24) is 0 Å². The van der Waals surface area contributed by atoms with Crippen LogP contribution in [0.2, 0.25) is 0 Å². The van der Waals surface area contributed by atoms with E-state index in [0.717, 1.165) is 96.3 Å². The molecule has 0 aromatic heterocycles. The molecule has 0 heterocycles. The number of phosphoric acid groups is 2. The van der Waals surface area contributed by atoms with Gasteiger partial charge in [-0.05, 0) is 31.6 Å². The molecule has 5 atom stereocenters. The molecule has 0 bridgehead atoms. The Kier molecular flexibility index (Phi) is 70.6. The van der Waals surface area contributed by atoms with Crippen LogP contribution in [0.3, 0.4) is 0 Å². The van der Waals surface area contributed by atoms with E-state index in [1.807, 2.05) is 0 Å². The summed E-state index contributed by atoms with van der Waals surface area (Å²) in [5.41, 5.74) is 0. The molecule has 17 nitrogen and oxygen atoms in total. The molecule has 0 fully saturated rings. The van der Waals surface area contributed by atoms with Crippen LogP contribution in [0.25, 0.3) is 0 Å². The van der Waals surface area contributed by atoms with Crippen molar-refractivity contribution in [2.24, 2.45) is 5.92 Å². The quantitative estimate of drug-likeness (QED) is 0.0222. The first kappa shape index (κ1) is 96.1. The van der Waals surface area contributed by atoms with Crippen molar-refractivity contribution < 1.29 is 80.2 Å². The Hall–Kier alpha value is -1.94. The maximum atomic E-state index is 13.1. The van der Waals surface area contributed by atoms with E-state index in [-0.39, 0.29) is 25.7 Å². The second kappa shape index (κ2) is 72.0. The molecule has 2 unspecified atom stereocenters. The highest BCUT2D eigenvalue weighted by molar-refractivity contribution is 7.47. The van der Waals surface area contributed by atoms with E-state index in [2.05, 4.69) is 34.6 Å². The summed E-state index contributed by atoms with van der Waals surface area (Å²) in [5, 5.41) is 10.6. The summed E-state index contributed by atoms with van der Waals surface area (Å²) in [6.07, 6.45) is 62.6. The van der Waals surface area contributed by atoms with Crippen LogP contribution >= 0.6 is 15.6 Å². The molecule has 0 rings (SSSR count). The van der Waals surface area contributed by atoms with Gasteiger partial charge in [-0.1, -0.05) is 369 Å². The fourth-order valence-corrected chi connectivity index (χ4v) is 13.8. The number of esters is 4. The van der Waals surface area contributed by atoms with Gasteiger partial charge >= 0.3 is 39.5 Å². The Morgan fingerprint density at radius 3 is 0.694 bits per heavy atom. The molecule has 0 aliphatic rings. The normalized spacial score (nSPS) is 13.9. The summed E-state index contributed by atoms with van der Waals surface area (Å²) in [5.74, 6) is -1.43. The lowest BCUT2D eigenvalue weighted by molar-refractivity contribution is -0.161. The second-order valence-corrected chi connectivity index (χ2v) is 31.8. The van der Waals surface area contributed by atoms with Crippen molar-refractivity contribution >= 4 is 39.5 Å². The van der Waals surface area contributed by atoms with Gasteiger partial charge in [0.25, 0.3) is 0 Å². The largest absolute Gasteiger partial charge is 0.472 e. The van der Waals surface area contributed by atoms with Gasteiger partial charge in [-0.2, -0.15) is 0 Å². The van der Waals surface area contributed by atoms with Gasteiger partial charge in [0.15, 0.2) is 12.2 Å². The topological polar surface area (TPSA) is 237 Å². The monoisotopic (exact) mass is 1440 g/mol. The fourth-order valence-electron chi connectivity index (χ4n) is 12.2. The van der Waals surface area contributed by atoms with Gasteiger partial charge in [-0.15, -0.1) is 0 Å². The molecule has 98 heavy (non-hydrogen) atoms. The average molecular weight is 1440 g/mol. The van der Waals surface area contributed by atoms with Crippen LogP contribution in [0.1, 0.15) is 420 Å². The highest BCUT2D eigenvalue weighted by Gasteiger charge is 2.30. The second-order valence-electron chi connectivity index (χ2n) is 28.9. The van der Waals surface area contributed by atoms with Crippen LogP contribution < -0.4 is 0 Å². The SMILES string of the molecule is CCCCCCCCCCCCCCCCCCCCCCC(=O)O[C@H](COC(=O)CCCCCCCCCCCCCCCCC)COP(=O)(O)OC[C@@H](O)COP(=O)(O)OC[C@@H](COC(=O)CCCCCCCCC(C)C)OC(=O)CCCCCCCCCCCCCCCC. The lowest BCUT2D eigenvalue weighted by Gasteiger charge is -2.21. The highest BCUT2D eigenvalue weighted by Crippen LogP contribution is 2.45. The predicted octanol–water partition coefficient (Wildman–Crippen LogP) is 23.6. The Bertz CT molecular complexity index is 1870. The Balaban J connectivity index is 5.21. The third-order valence-corrected chi connectivity index (χ3v) is 20.4. The van der Waals surface area contributed by atoms with Gasteiger partial charge in [0, 0.05) is 25.7 Å². The third kappa shape index (κ3) is 72.4. The molecule has 0 amide bonds. The third-order valence-electron chi connectivity index (χ3n) is 18.5. The molecule has 19 heteroatoms. The van der Waals surface area contributed by atoms with E-state index in [1.165, 1.54) is 238 Å². The molecule has 3 N–H and O–H groups in total. The number of hydrogen-bond donors (Lipinski definition) is 3. The Labute approximate surface area is 600 Å². The molecule has 0 radical (unpaired) electrons. The number of carbonyl (C=O) groups excluding carboxylic acids is 4. The maximum Gasteiger partial charge on any atom is 0.472 e. The zero-order valence-electron chi connectivity index (χ0n) is 63.9. The van der Waals surface area contributed by atoms with Crippen molar-refractivity contribution in [2.75, 3.05) is 39.6 Å². The number of ether oxygens (including phenoxy) is 4. The van der Waals surface area contributed by atoms with Gasteiger partial charge in [0.1, 0.15) is 19.3 Å². The van der Waals surface area contributed by atoms with Gasteiger partial charge in [0.05, 0.1) is 26.4 Å². The first-order valence-electron chi connectivity index (χ1n) is 41.1. The number of aliphatic hydroxyl groups is 1. The van der Waals surface area contributed by atoms with E-state index in [4.69, 9.17) is 37.0 Å². The van der Waals surface area contributed by atoms with E-state index >= 15 is 0 Å². The molecule has 582 valence electrons. The van der Waals surface area contributed by atoms with E-state index < -0.39 is 97.5 Å². The van der Waals surface area contributed by atoms with Gasteiger partial charge in [0.2, 0.25) is 0 Å². The summed E-state index contributed by atoms with van der Waals surface area (Å²) in [6.45, 7) is 7.24. The standard InChI is InChI=1S/C79H154O17P2/c1-6-9-12-15-18-21-24-27-30-31-32-33-34-36-39-42-45-48-55-60-65-78(83)95-74(68-89-76(81)62-57-52-46-43-40-38-35-28-25-22-19-16-13-10-7-2)70-93-97(85,86)91-66-73(80)67-92-98(87,88)94-71-75(69-90-77(82)63-58-53-50-49-51-56-61-72(4)5)96-79(84)64-59-54-47-44-41-37-29-26-23-20-17-14-11-8-3/h72-75,80H,6-71H2,1-5H3,(H,85,86)(H,87,88)/t73-,74-,75-/m1/s1.